The summed E-state index contributed by atoms with van der Waals surface area (Å²) in [6, 6.07) is 13.0. The highest BCUT2D eigenvalue weighted by Gasteiger charge is 2.16. The van der Waals surface area contributed by atoms with Crippen LogP contribution in [-0.4, -0.2) is 18.2 Å². The second-order valence-electron chi connectivity index (χ2n) is 6.54. The van der Waals surface area contributed by atoms with Crippen LogP contribution in [0.4, 0.5) is 10.1 Å². The number of hydrogen-bond donors (Lipinski definition) is 1. The molecule has 0 saturated carbocycles. The normalized spacial score (nSPS) is 12.7. The third-order valence-electron chi connectivity index (χ3n) is 4.52. The molecule has 0 saturated heterocycles. The van der Waals surface area contributed by atoms with Crippen LogP contribution in [0.1, 0.15) is 37.3 Å². The van der Waals surface area contributed by atoms with E-state index in [0.717, 1.165) is 17.5 Å². The number of benzene rings is 2. The van der Waals surface area contributed by atoms with Crippen LogP contribution in [0.25, 0.3) is 0 Å². The Morgan fingerprint density at radius 3 is 2.41 bits per heavy atom. The lowest BCUT2D eigenvalue weighted by Crippen LogP contribution is -2.12. The van der Waals surface area contributed by atoms with E-state index < -0.39 is 10.0 Å². The van der Waals surface area contributed by atoms with Gasteiger partial charge in [0, 0.05) is 6.20 Å². The zero-order chi connectivity index (χ0) is 19.4. The standard InChI is InChI=1S/C20H22FN3O2S/c1-3-15(2)17-6-10-20(11-7-17)27(25,26)23-19-12-22-24(14-19)13-16-4-8-18(21)9-5-16/h4-12,14-15,23H,3,13H2,1-2H3. The lowest BCUT2D eigenvalue weighted by molar-refractivity contribution is 0.601. The van der Waals surface area contributed by atoms with Gasteiger partial charge in [-0.2, -0.15) is 5.10 Å². The monoisotopic (exact) mass is 387 g/mol. The largest absolute Gasteiger partial charge is 0.276 e. The van der Waals surface area contributed by atoms with Gasteiger partial charge in [-0.3, -0.25) is 9.40 Å². The molecule has 0 bridgehead atoms. The quantitative estimate of drug-likeness (QED) is 0.654. The van der Waals surface area contributed by atoms with Crippen molar-refractivity contribution >= 4 is 15.7 Å². The molecular formula is C20H22FN3O2S. The fraction of sp³-hybridized carbons (Fsp3) is 0.250. The maximum atomic E-state index is 13.0. The van der Waals surface area contributed by atoms with Crippen molar-refractivity contribution in [1.82, 2.24) is 9.78 Å². The molecule has 0 aliphatic heterocycles. The summed E-state index contributed by atoms with van der Waals surface area (Å²) in [6.07, 6.45) is 4.06. The first-order chi connectivity index (χ1) is 12.9. The number of aromatic nitrogens is 2. The molecule has 1 N–H and O–H groups in total. The van der Waals surface area contributed by atoms with Gasteiger partial charge in [-0.1, -0.05) is 38.1 Å². The van der Waals surface area contributed by atoms with E-state index in [1.807, 2.05) is 12.1 Å². The third kappa shape index (κ3) is 4.74. The molecule has 0 aliphatic carbocycles. The van der Waals surface area contributed by atoms with E-state index in [1.165, 1.54) is 18.3 Å². The predicted molar refractivity (Wildman–Crippen MR) is 104 cm³/mol. The van der Waals surface area contributed by atoms with E-state index in [0.29, 0.717) is 18.2 Å². The minimum atomic E-state index is -3.68. The molecule has 0 aliphatic rings. The Morgan fingerprint density at radius 1 is 1.11 bits per heavy atom. The van der Waals surface area contributed by atoms with Crippen LogP contribution in [0.3, 0.4) is 0 Å². The average Bonchev–Trinajstić information content (AvgIpc) is 3.09. The molecule has 1 unspecified atom stereocenters. The van der Waals surface area contributed by atoms with Gasteiger partial charge in [0.05, 0.1) is 23.3 Å². The summed E-state index contributed by atoms with van der Waals surface area (Å²) < 4.78 is 42.2. The van der Waals surface area contributed by atoms with E-state index in [2.05, 4.69) is 23.7 Å². The van der Waals surface area contributed by atoms with Gasteiger partial charge in [-0.15, -0.1) is 0 Å². The summed E-state index contributed by atoms with van der Waals surface area (Å²) in [6.45, 7) is 4.63. The van der Waals surface area contributed by atoms with Crippen LogP contribution in [0.15, 0.2) is 65.8 Å². The average molecular weight is 387 g/mol. The summed E-state index contributed by atoms with van der Waals surface area (Å²) >= 11 is 0. The number of rotatable bonds is 7. The number of nitrogens with one attached hydrogen (secondary N) is 1. The van der Waals surface area contributed by atoms with E-state index in [4.69, 9.17) is 0 Å². The lowest BCUT2D eigenvalue weighted by Gasteiger charge is -2.10. The minimum absolute atomic E-state index is 0.209. The molecule has 1 aromatic heterocycles. The van der Waals surface area contributed by atoms with Gasteiger partial charge in [-0.25, -0.2) is 12.8 Å². The van der Waals surface area contributed by atoms with Gasteiger partial charge in [0.15, 0.2) is 0 Å². The molecule has 27 heavy (non-hydrogen) atoms. The van der Waals surface area contributed by atoms with E-state index in [9.17, 15) is 12.8 Å². The lowest BCUT2D eigenvalue weighted by atomic mass is 9.99. The second-order valence-corrected chi connectivity index (χ2v) is 8.22. The number of nitrogens with zero attached hydrogens (tertiary/aromatic N) is 2. The summed E-state index contributed by atoms with van der Waals surface area (Å²) in [7, 11) is -3.68. The molecule has 2 aromatic carbocycles. The molecule has 5 nitrogen and oxygen atoms in total. The maximum absolute atomic E-state index is 13.0. The van der Waals surface area contributed by atoms with Crippen LogP contribution < -0.4 is 4.72 Å². The van der Waals surface area contributed by atoms with Gasteiger partial charge >= 0.3 is 0 Å². The molecule has 7 heteroatoms. The highest BCUT2D eigenvalue weighted by Crippen LogP contribution is 2.22. The smallest absolute Gasteiger partial charge is 0.261 e. The van der Waals surface area contributed by atoms with Crippen LogP contribution in [0.5, 0.6) is 0 Å². The molecule has 3 aromatic rings. The van der Waals surface area contributed by atoms with Crippen LogP contribution >= 0.6 is 0 Å². The number of sulfonamides is 1. The first kappa shape index (κ1) is 19.1. The van der Waals surface area contributed by atoms with Gasteiger partial charge in [-0.05, 0) is 47.7 Å². The summed E-state index contributed by atoms with van der Waals surface area (Å²) in [5.41, 5.74) is 2.36. The topological polar surface area (TPSA) is 64.0 Å². The molecule has 0 radical (unpaired) electrons. The van der Waals surface area contributed by atoms with Crippen molar-refractivity contribution in [3.63, 3.8) is 0 Å². The first-order valence-corrected chi connectivity index (χ1v) is 10.3. The molecular weight excluding hydrogens is 365 g/mol. The highest BCUT2D eigenvalue weighted by molar-refractivity contribution is 7.92. The SMILES string of the molecule is CCC(C)c1ccc(S(=O)(=O)Nc2cnn(Cc3ccc(F)cc3)c2)cc1. The van der Waals surface area contributed by atoms with Gasteiger partial charge in [0.1, 0.15) is 5.82 Å². The molecule has 142 valence electrons. The maximum Gasteiger partial charge on any atom is 0.261 e. The van der Waals surface area contributed by atoms with Crippen molar-refractivity contribution in [2.75, 3.05) is 4.72 Å². The van der Waals surface area contributed by atoms with E-state index in [1.54, 1.807) is 35.1 Å². The first-order valence-electron chi connectivity index (χ1n) is 8.77. The van der Waals surface area contributed by atoms with E-state index in [-0.39, 0.29) is 10.7 Å². The number of halogens is 1. The Hall–Kier alpha value is -2.67. The van der Waals surface area contributed by atoms with Gasteiger partial charge < -0.3 is 0 Å². The Labute approximate surface area is 158 Å². The van der Waals surface area contributed by atoms with Crippen molar-refractivity contribution in [1.29, 1.82) is 0 Å². The van der Waals surface area contributed by atoms with Crippen LogP contribution in [0.2, 0.25) is 0 Å². The van der Waals surface area contributed by atoms with Crippen LogP contribution in [-0.2, 0) is 16.6 Å². The van der Waals surface area contributed by atoms with Crippen molar-refractivity contribution in [3.05, 3.63) is 77.9 Å². The Balaban J connectivity index is 1.70. The van der Waals surface area contributed by atoms with Crippen molar-refractivity contribution < 1.29 is 12.8 Å². The van der Waals surface area contributed by atoms with Crippen molar-refractivity contribution in [2.24, 2.45) is 0 Å². The van der Waals surface area contributed by atoms with Gasteiger partial charge in [0.25, 0.3) is 10.0 Å². The molecule has 1 heterocycles. The minimum Gasteiger partial charge on any atom is -0.276 e. The Morgan fingerprint density at radius 2 is 1.78 bits per heavy atom. The third-order valence-corrected chi connectivity index (χ3v) is 5.91. The Kier molecular flexibility index (Phi) is 5.60. The van der Waals surface area contributed by atoms with Crippen molar-refractivity contribution in [2.45, 2.75) is 37.6 Å². The fourth-order valence-corrected chi connectivity index (χ4v) is 3.73. The second kappa shape index (κ2) is 7.92. The molecule has 3 rings (SSSR count). The van der Waals surface area contributed by atoms with Crippen LogP contribution in [0, 0.1) is 5.82 Å². The Bertz CT molecular complexity index is 996. The zero-order valence-electron chi connectivity index (χ0n) is 15.3. The molecule has 0 amide bonds. The number of hydrogen-bond acceptors (Lipinski definition) is 3. The highest BCUT2D eigenvalue weighted by atomic mass is 32.2. The number of anilines is 1. The fourth-order valence-electron chi connectivity index (χ4n) is 2.70. The van der Waals surface area contributed by atoms with Crippen molar-refractivity contribution in [3.8, 4) is 0 Å². The predicted octanol–water partition coefficient (Wildman–Crippen LogP) is 4.38. The molecule has 0 spiro atoms. The summed E-state index contributed by atoms with van der Waals surface area (Å²) in [5.74, 6) is 0.0893. The molecule has 1 atom stereocenters. The summed E-state index contributed by atoms with van der Waals surface area (Å²) in [4.78, 5) is 0.209. The zero-order valence-corrected chi connectivity index (χ0v) is 16.1. The van der Waals surface area contributed by atoms with Gasteiger partial charge in [0.2, 0.25) is 0 Å². The summed E-state index contributed by atoms with van der Waals surface area (Å²) in [5, 5.41) is 4.16. The van der Waals surface area contributed by atoms with E-state index >= 15 is 0 Å². The molecule has 0 fully saturated rings.